The number of rotatable bonds is 6. The Kier molecular flexibility index (Phi) is 7.80. The molecule has 0 bridgehead atoms. The van der Waals surface area contributed by atoms with Crippen molar-refractivity contribution in [2.24, 2.45) is 0 Å². The minimum atomic E-state index is -3.26. The number of carbonyl (C=O) groups is 1. The number of nitrogens with one attached hydrogen (secondary N) is 1. The molecule has 1 atom stereocenters. The van der Waals surface area contributed by atoms with E-state index in [4.69, 9.17) is 14.2 Å². The van der Waals surface area contributed by atoms with E-state index in [-0.39, 0.29) is 30.3 Å². The van der Waals surface area contributed by atoms with Crippen LogP contribution in [0.15, 0.2) is 12.3 Å². The Morgan fingerprint density at radius 1 is 1.11 bits per heavy atom. The zero-order chi connectivity index (χ0) is 27.8. The normalized spacial score (nSPS) is 17.6. The average Bonchev–Trinajstić information content (AvgIpc) is 2.98. The zero-order valence-corrected chi connectivity index (χ0v) is 22.8. The van der Waals surface area contributed by atoms with E-state index in [0.29, 0.717) is 17.1 Å². The quantitative estimate of drug-likeness (QED) is 0.584. The summed E-state index contributed by atoms with van der Waals surface area (Å²) in [6, 6.07) is 1.47. The van der Waals surface area contributed by atoms with E-state index in [0.717, 1.165) is 0 Å². The van der Waals surface area contributed by atoms with Crippen molar-refractivity contribution in [1.82, 2.24) is 25.3 Å². The summed E-state index contributed by atoms with van der Waals surface area (Å²) in [6.07, 6.45) is -0.983. The molecular formula is C25H36F2N6O4. The highest BCUT2D eigenvalue weighted by Crippen LogP contribution is 2.36. The van der Waals surface area contributed by atoms with Gasteiger partial charge in [-0.1, -0.05) is 0 Å². The predicted octanol–water partition coefficient (Wildman–Crippen LogP) is 4.56. The van der Waals surface area contributed by atoms with E-state index < -0.39 is 35.9 Å². The Balaban J connectivity index is 1.95. The van der Waals surface area contributed by atoms with Gasteiger partial charge in [-0.15, -0.1) is 0 Å². The van der Waals surface area contributed by atoms with Crippen molar-refractivity contribution in [2.45, 2.75) is 91.6 Å². The first-order valence-electron chi connectivity index (χ1n) is 12.1. The Morgan fingerprint density at radius 3 is 2.35 bits per heavy atom. The second kappa shape index (κ2) is 10.2. The van der Waals surface area contributed by atoms with Crippen LogP contribution >= 0.6 is 0 Å². The van der Waals surface area contributed by atoms with E-state index in [9.17, 15) is 13.6 Å². The number of aryl methyl sites for hydroxylation is 1. The first-order chi connectivity index (χ1) is 16.9. The van der Waals surface area contributed by atoms with E-state index in [1.165, 1.54) is 11.1 Å². The van der Waals surface area contributed by atoms with Crippen LogP contribution in [0.4, 0.5) is 19.4 Å². The third-order valence-electron chi connectivity index (χ3n) is 4.87. The van der Waals surface area contributed by atoms with Gasteiger partial charge in [0.15, 0.2) is 6.10 Å². The van der Waals surface area contributed by atoms with Gasteiger partial charge in [-0.25, -0.2) is 28.5 Å². The molecule has 0 aliphatic carbocycles. The van der Waals surface area contributed by atoms with Crippen molar-refractivity contribution < 1.29 is 27.8 Å². The molecule has 1 saturated heterocycles. The van der Waals surface area contributed by atoms with Crippen molar-refractivity contribution in [3.8, 4) is 23.1 Å². The molecule has 0 aromatic carbocycles. The number of alkyl carbamates (subject to hydrolysis) is 1. The summed E-state index contributed by atoms with van der Waals surface area (Å²) >= 11 is 0. The SMILES string of the molecule is Cc1nc(-c2cnc(OC(C)(C)C)nc2OC(C)(C)C)cc(N2CC(OC(=O)NC(C)C)C(F)(F)C2)n1. The maximum Gasteiger partial charge on any atom is 0.407 e. The molecule has 204 valence electrons. The fourth-order valence-electron chi connectivity index (χ4n) is 3.52. The monoisotopic (exact) mass is 522 g/mol. The molecule has 3 rings (SSSR count). The lowest BCUT2D eigenvalue weighted by molar-refractivity contribution is -0.0765. The second-order valence-corrected chi connectivity index (χ2v) is 11.3. The van der Waals surface area contributed by atoms with Crippen molar-refractivity contribution in [3.05, 3.63) is 18.1 Å². The molecule has 1 aliphatic heterocycles. The summed E-state index contributed by atoms with van der Waals surface area (Å²) in [5, 5.41) is 2.47. The number of hydrogen-bond acceptors (Lipinski definition) is 9. The maximum absolute atomic E-state index is 14.8. The molecule has 0 spiro atoms. The minimum absolute atomic E-state index is 0.139. The molecule has 10 nitrogen and oxygen atoms in total. The van der Waals surface area contributed by atoms with Gasteiger partial charge in [0.25, 0.3) is 0 Å². The highest BCUT2D eigenvalue weighted by atomic mass is 19.3. The average molecular weight is 523 g/mol. The van der Waals surface area contributed by atoms with Crippen LogP contribution in [0.2, 0.25) is 0 Å². The van der Waals surface area contributed by atoms with Gasteiger partial charge in [0, 0.05) is 18.3 Å². The van der Waals surface area contributed by atoms with Crippen molar-refractivity contribution >= 4 is 11.9 Å². The molecule has 0 saturated carbocycles. The molecule has 1 unspecified atom stereocenters. The van der Waals surface area contributed by atoms with Gasteiger partial charge in [0.2, 0.25) is 5.88 Å². The largest absolute Gasteiger partial charge is 0.471 e. The molecule has 12 heteroatoms. The summed E-state index contributed by atoms with van der Waals surface area (Å²) in [4.78, 5) is 30.9. The van der Waals surface area contributed by atoms with Crippen LogP contribution in [-0.4, -0.2) is 68.4 Å². The molecule has 3 heterocycles. The summed E-state index contributed by atoms with van der Waals surface area (Å²) in [5.74, 6) is -2.41. The van der Waals surface area contributed by atoms with Gasteiger partial charge in [0.05, 0.1) is 24.3 Å². The summed E-state index contributed by atoms with van der Waals surface area (Å²) in [7, 11) is 0. The van der Waals surface area contributed by atoms with Gasteiger partial charge >= 0.3 is 18.0 Å². The topological polar surface area (TPSA) is 112 Å². The van der Waals surface area contributed by atoms with Crippen LogP contribution in [0.3, 0.4) is 0 Å². The highest BCUT2D eigenvalue weighted by Gasteiger charge is 2.51. The molecule has 1 fully saturated rings. The Hall–Kier alpha value is -3.31. The molecule has 2 aromatic rings. The van der Waals surface area contributed by atoms with E-state index >= 15 is 0 Å². The molecule has 2 aromatic heterocycles. The van der Waals surface area contributed by atoms with Crippen LogP contribution in [-0.2, 0) is 4.74 Å². The van der Waals surface area contributed by atoms with E-state index in [1.54, 1.807) is 26.8 Å². The highest BCUT2D eigenvalue weighted by molar-refractivity contribution is 5.69. The minimum Gasteiger partial charge on any atom is -0.471 e. The van der Waals surface area contributed by atoms with Crippen molar-refractivity contribution in [2.75, 3.05) is 18.0 Å². The fraction of sp³-hybridized carbons (Fsp3) is 0.640. The first kappa shape index (κ1) is 28.3. The number of aromatic nitrogens is 4. The van der Waals surface area contributed by atoms with Crippen LogP contribution in [0, 0.1) is 6.92 Å². The standard InChI is InChI=1S/C25H36F2N6O4/c1-14(2)29-22(34)35-18-12-33(13-25(18,26)27)19-10-17(30-15(3)31-19)16-11-28-21(37-24(7,8)9)32-20(16)36-23(4,5)6/h10-11,14,18H,12-13H2,1-9H3,(H,29,34). The lowest BCUT2D eigenvalue weighted by Gasteiger charge is -2.24. The number of carbonyl (C=O) groups excluding carboxylic acids is 1. The van der Waals surface area contributed by atoms with Crippen molar-refractivity contribution in [1.29, 1.82) is 0 Å². The number of ether oxygens (including phenoxy) is 3. The maximum atomic E-state index is 14.8. The molecule has 1 N–H and O–H groups in total. The third-order valence-corrected chi connectivity index (χ3v) is 4.87. The lowest BCUT2D eigenvalue weighted by atomic mass is 10.1. The van der Waals surface area contributed by atoms with Gasteiger partial charge in [-0.05, 0) is 62.3 Å². The lowest BCUT2D eigenvalue weighted by Crippen LogP contribution is -2.40. The molecule has 0 radical (unpaired) electrons. The summed E-state index contributed by atoms with van der Waals surface area (Å²) in [6.45, 7) is 15.5. The number of alkyl halides is 2. The van der Waals surface area contributed by atoms with Gasteiger partial charge in [-0.2, -0.15) is 4.98 Å². The Morgan fingerprint density at radius 2 is 1.76 bits per heavy atom. The number of halogens is 2. The zero-order valence-electron chi connectivity index (χ0n) is 22.8. The second-order valence-electron chi connectivity index (χ2n) is 11.3. The van der Waals surface area contributed by atoms with Crippen LogP contribution in [0.5, 0.6) is 11.9 Å². The summed E-state index contributed by atoms with van der Waals surface area (Å²) < 4.78 is 46.4. The number of anilines is 1. The van der Waals surface area contributed by atoms with Gasteiger partial charge in [-0.3, -0.25) is 0 Å². The molecule has 1 amide bonds. The molecule has 37 heavy (non-hydrogen) atoms. The van der Waals surface area contributed by atoms with Crippen LogP contribution in [0.25, 0.3) is 11.3 Å². The van der Waals surface area contributed by atoms with E-state index in [1.807, 2.05) is 41.5 Å². The number of hydrogen-bond donors (Lipinski definition) is 1. The fourth-order valence-corrected chi connectivity index (χ4v) is 3.52. The first-order valence-corrected chi connectivity index (χ1v) is 12.1. The van der Waals surface area contributed by atoms with Crippen LogP contribution in [0.1, 0.15) is 61.2 Å². The summed E-state index contributed by atoms with van der Waals surface area (Å²) in [5.41, 5.74) is -0.261. The molecule has 1 aliphatic rings. The van der Waals surface area contributed by atoms with Gasteiger partial charge in [0.1, 0.15) is 22.8 Å². The number of amides is 1. The molecular weight excluding hydrogens is 486 g/mol. The third kappa shape index (κ3) is 7.83. The predicted molar refractivity (Wildman–Crippen MR) is 134 cm³/mol. The smallest absolute Gasteiger partial charge is 0.407 e. The van der Waals surface area contributed by atoms with Crippen molar-refractivity contribution in [3.63, 3.8) is 0 Å². The number of nitrogens with zero attached hydrogens (tertiary/aromatic N) is 5. The van der Waals surface area contributed by atoms with Gasteiger partial charge < -0.3 is 24.4 Å². The Labute approximate surface area is 216 Å². The van der Waals surface area contributed by atoms with E-state index in [2.05, 4.69) is 25.3 Å². The van der Waals surface area contributed by atoms with Crippen LogP contribution < -0.4 is 19.7 Å². The Bertz CT molecular complexity index is 1130.